The molecule has 0 spiro atoms. The number of fused-ring (bicyclic) bond motifs is 1. The van der Waals surface area contributed by atoms with Gasteiger partial charge < -0.3 is 25.3 Å². The highest BCUT2D eigenvalue weighted by molar-refractivity contribution is 6.34. The van der Waals surface area contributed by atoms with E-state index < -0.39 is 42.8 Å². The van der Waals surface area contributed by atoms with Crippen molar-refractivity contribution in [1.29, 1.82) is 0 Å². The number of nitrogens with zero attached hydrogens (tertiary/aromatic N) is 2. The van der Waals surface area contributed by atoms with Gasteiger partial charge >= 0.3 is 6.18 Å². The van der Waals surface area contributed by atoms with Crippen molar-refractivity contribution in [1.82, 2.24) is 14.9 Å². The topological polar surface area (TPSA) is 97.3 Å². The number of benzene rings is 3. The number of imidazole rings is 1. The Morgan fingerprint density at radius 1 is 1.09 bits per heavy atom. The quantitative estimate of drug-likeness (QED) is 0.149. The Morgan fingerprint density at radius 3 is 2.44 bits per heavy atom. The number of hydrogen-bond acceptors (Lipinski definition) is 5. The lowest BCUT2D eigenvalue weighted by molar-refractivity contribution is -0.178. The van der Waals surface area contributed by atoms with Crippen molar-refractivity contribution >= 4 is 63.4 Å². The molecule has 0 aliphatic heterocycles. The third-order valence-corrected chi connectivity index (χ3v) is 7.49. The molecule has 3 N–H and O–H groups in total. The Balaban J connectivity index is 1.66. The molecule has 4 aromatic rings. The van der Waals surface area contributed by atoms with Crippen LogP contribution in [-0.4, -0.2) is 40.6 Å². The van der Waals surface area contributed by atoms with Crippen LogP contribution in [0.2, 0.25) is 10.0 Å². The van der Waals surface area contributed by atoms with Gasteiger partial charge in [-0.1, -0.05) is 35.3 Å². The van der Waals surface area contributed by atoms with Crippen molar-refractivity contribution in [2.75, 3.05) is 17.2 Å². The summed E-state index contributed by atoms with van der Waals surface area (Å²) in [7, 11) is 1.60. The first kappa shape index (κ1) is 33.7. The first-order chi connectivity index (χ1) is 21.1. The van der Waals surface area contributed by atoms with E-state index in [-0.39, 0.29) is 45.1 Å². The van der Waals surface area contributed by atoms with E-state index >= 15 is 0 Å². The predicted molar refractivity (Wildman–Crippen MR) is 158 cm³/mol. The van der Waals surface area contributed by atoms with Crippen LogP contribution in [-0.2, 0) is 18.4 Å². The van der Waals surface area contributed by atoms with Crippen LogP contribution in [0.15, 0.2) is 42.5 Å². The number of alkyl halides is 5. The molecule has 3 aromatic carbocycles. The molecule has 2 amide bonds. The molecule has 0 bridgehead atoms. The molecule has 4 rings (SSSR count). The molecular formula is C29H25Cl2F6N5O3. The Hall–Kier alpha value is -4.17. The van der Waals surface area contributed by atoms with E-state index in [1.165, 1.54) is 24.3 Å². The minimum atomic E-state index is -4.70. The summed E-state index contributed by atoms with van der Waals surface area (Å²) in [4.78, 5) is 29.6. The molecule has 0 radical (unpaired) electrons. The SMILES string of the molecule is Cc1ccc(CNC(=O)C(C)C(F)(F)F)c(Cl)c1Nc1nc2cc(C(=O)Nc3ccc(F)c(Cl)c3)c(OCC(F)F)cc2n1C. The van der Waals surface area contributed by atoms with E-state index in [0.717, 1.165) is 13.0 Å². The summed E-state index contributed by atoms with van der Waals surface area (Å²) in [5.41, 5.74) is 1.92. The zero-order chi connectivity index (χ0) is 33.2. The van der Waals surface area contributed by atoms with Crippen LogP contribution >= 0.6 is 23.2 Å². The predicted octanol–water partition coefficient (Wildman–Crippen LogP) is 7.78. The number of carbonyl (C=O) groups excluding carboxylic acids is 2. The van der Waals surface area contributed by atoms with Crippen molar-refractivity contribution in [3.05, 3.63) is 75.0 Å². The standard InChI is InChI=1S/C29H25Cl2F6N5O3/c1-13-4-5-15(11-38-26(43)14(2)29(35,36)37)24(31)25(13)41-28-40-20-9-17(22(45-12-23(33)34)10-21(20)42(28)3)27(44)39-16-6-7-19(32)18(30)8-16/h4-10,14,23H,11-12H2,1-3H3,(H,38,43)(H,39,44)(H,40,41). The maximum Gasteiger partial charge on any atom is 0.400 e. The maximum absolute atomic E-state index is 13.6. The van der Waals surface area contributed by atoms with E-state index in [1.807, 2.05) is 0 Å². The van der Waals surface area contributed by atoms with Crippen molar-refractivity contribution in [2.45, 2.75) is 33.0 Å². The normalized spacial score (nSPS) is 12.4. The van der Waals surface area contributed by atoms with Gasteiger partial charge in [0.2, 0.25) is 11.9 Å². The van der Waals surface area contributed by atoms with Gasteiger partial charge in [-0.05, 0) is 49.2 Å². The summed E-state index contributed by atoms with van der Waals surface area (Å²) in [6.45, 7) is 1.18. The van der Waals surface area contributed by atoms with Crippen molar-refractivity contribution < 1.29 is 40.7 Å². The average molecular weight is 676 g/mol. The summed E-state index contributed by atoms with van der Waals surface area (Å²) in [5, 5.41) is 7.68. The second-order valence-corrected chi connectivity index (χ2v) is 10.7. The molecule has 8 nitrogen and oxygen atoms in total. The molecular weight excluding hydrogens is 651 g/mol. The van der Waals surface area contributed by atoms with Gasteiger partial charge in [0.05, 0.1) is 32.3 Å². The second kappa shape index (κ2) is 13.4. The molecule has 1 atom stereocenters. The van der Waals surface area contributed by atoms with Crippen molar-refractivity contribution in [3.63, 3.8) is 0 Å². The van der Waals surface area contributed by atoms with Crippen molar-refractivity contribution in [3.8, 4) is 5.75 Å². The third kappa shape index (κ3) is 7.74. The molecule has 1 aromatic heterocycles. The highest BCUT2D eigenvalue weighted by Gasteiger charge is 2.41. The number of rotatable bonds is 10. The summed E-state index contributed by atoms with van der Waals surface area (Å²) in [5.74, 6) is -4.87. The number of hydrogen-bond donors (Lipinski definition) is 3. The molecule has 0 aliphatic carbocycles. The Kier molecular flexibility index (Phi) is 10.1. The van der Waals surface area contributed by atoms with Gasteiger partial charge in [0.1, 0.15) is 24.1 Å². The van der Waals surface area contributed by atoms with Crippen LogP contribution < -0.4 is 20.7 Å². The van der Waals surface area contributed by atoms with Crippen LogP contribution in [0.4, 0.5) is 43.7 Å². The monoisotopic (exact) mass is 675 g/mol. The highest BCUT2D eigenvalue weighted by Crippen LogP contribution is 2.35. The first-order valence-electron chi connectivity index (χ1n) is 13.1. The molecule has 0 aliphatic rings. The van der Waals surface area contributed by atoms with Gasteiger partial charge in [-0.15, -0.1) is 0 Å². The zero-order valence-corrected chi connectivity index (χ0v) is 25.3. The maximum atomic E-state index is 13.6. The number of carbonyl (C=O) groups is 2. The van der Waals surface area contributed by atoms with Crippen LogP contribution in [0.1, 0.15) is 28.4 Å². The smallest absolute Gasteiger partial charge is 0.400 e. The van der Waals surface area contributed by atoms with E-state index in [9.17, 15) is 35.9 Å². The third-order valence-electron chi connectivity index (χ3n) is 6.77. The molecule has 0 saturated heterocycles. The van der Waals surface area contributed by atoms with E-state index in [2.05, 4.69) is 20.9 Å². The number of nitrogens with one attached hydrogen (secondary N) is 3. The van der Waals surface area contributed by atoms with Crippen LogP contribution in [0, 0.1) is 18.7 Å². The summed E-state index contributed by atoms with van der Waals surface area (Å²) in [6, 6.07) is 9.37. The molecule has 45 heavy (non-hydrogen) atoms. The van der Waals surface area contributed by atoms with Gasteiger partial charge in [-0.2, -0.15) is 13.2 Å². The number of aromatic nitrogens is 2. The second-order valence-electron chi connectivity index (χ2n) is 9.95. The van der Waals surface area contributed by atoms with Crippen LogP contribution in [0.5, 0.6) is 5.75 Å². The molecule has 1 unspecified atom stereocenters. The molecule has 0 fully saturated rings. The number of aryl methyl sites for hydroxylation is 2. The van der Waals surface area contributed by atoms with Gasteiger partial charge in [-0.25, -0.2) is 18.2 Å². The van der Waals surface area contributed by atoms with E-state index in [4.69, 9.17) is 27.9 Å². The Labute approximate surface area is 262 Å². The molecule has 0 saturated carbocycles. The lowest BCUT2D eigenvalue weighted by atomic mass is 10.1. The Morgan fingerprint density at radius 2 is 1.80 bits per heavy atom. The molecule has 240 valence electrons. The number of ether oxygens (including phenoxy) is 1. The van der Waals surface area contributed by atoms with Gasteiger partial charge in [0, 0.05) is 25.3 Å². The highest BCUT2D eigenvalue weighted by atomic mass is 35.5. The summed E-state index contributed by atoms with van der Waals surface area (Å²) >= 11 is 12.4. The van der Waals surface area contributed by atoms with Gasteiger partial charge in [0.15, 0.2) is 0 Å². The fraction of sp³-hybridized carbons (Fsp3) is 0.276. The van der Waals surface area contributed by atoms with Crippen LogP contribution in [0.25, 0.3) is 11.0 Å². The molecule has 16 heteroatoms. The molecule has 1 heterocycles. The minimum Gasteiger partial charge on any atom is -0.487 e. The lowest BCUT2D eigenvalue weighted by Crippen LogP contribution is -2.37. The largest absolute Gasteiger partial charge is 0.487 e. The van der Waals surface area contributed by atoms with Gasteiger partial charge in [0.25, 0.3) is 12.3 Å². The fourth-order valence-corrected chi connectivity index (χ4v) is 4.66. The fourth-order valence-electron chi connectivity index (χ4n) is 4.15. The lowest BCUT2D eigenvalue weighted by Gasteiger charge is -2.17. The number of anilines is 3. The number of amides is 2. The van der Waals surface area contributed by atoms with E-state index in [1.54, 1.807) is 30.7 Å². The minimum absolute atomic E-state index is 0.112. The zero-order valence-electron chi connectivity index (χ0n) is 23.8. The van der Waals surface area contributed by atoms with Crippen molar-refractivity contribution in [2.24, 2.45) is 13.0 Å². The Bertz CT molecular complexity index is 1760. The average Bonchev–Trinajstić information content (AvgIpc) is 3.27. The summed E-state index contributed by atoms with van der Waals surface area (Å²) < 4.78 is 85.1. The van der Waals surface area contributed by atoms with E-state index in [0.29, 0.717) is 22.3 Å². The first-order valence-corrected chi connectivity index (χ1v) is 13.9. The summed E-state index contributed by atoms with van der Waals surface area (Å²) in [6.07, 6.45) is -7.54. The van der Waals surface area contributed by atoms with Gasteiger partial charge in [-0.3, -0.25) is 9.59 Å². The number of halogens is 8. The van der Waals surface area contributed by atoms with Crippen LogP contribution in [0.3, 0.4) is 0 Å².